The topological polar surface area (TPSA) is 99.1 Å². The van der Waals surface area contributed by atoms with Gasteiger partial charge < -0.3 is 25.2 Å². The molecule has 1 fully saturated rings. The monoisotopic (exact) mass is 246 g/mol. The molecule has 1 aliphatic heterocycles. The van der Waals surface area contributed by atoms with E-state index < -0.39 is 12.1 Å². The smallest absolute Gasteiger partial charge is 0.334 e. The highest BCUT2D eigenvalue weighted by molar-refractivity contribution is 5.77. The van der Waals surface area contributed by atoms with Gasteiger partial charge in [-0.15, -0.1) is 0 Å². The van der Waals surface area contributed by atoms with Crippen LogP contribution in [0.25, 0.3) is 0 Å². The maximum atomic E-state index is 11.7. The number of nitrogens with one attached hydrogen (secondary N) is 1. The van der Waals surface area contributed by atoms with Crippen molar-refractivity contribution >= 4 is 12.0 Å². The van der Waals surface area contributed by atoms with Gasteiger partial charge >= 0.3 is 12.0 Å². The highest BCUT2D eigenvalue weighted by atomic mass is 16.5. The third-order valence-electron chi connectivity index (χ3n) is 2.85. The lowest BCUT2D eigenvalue weighted by Gasteiger charge is -2.24. The minimum atomic E-state index is -1.12. The summed E-state index contributed by atoms with van der Waals surface area (Å²) in [6.07, 6.45) is 0.580. The normalized spacial score (nSPS) is 21.3. The first-order chi connectivity index (χ1) is 8.10. The number of carboxylic acids is 1. The van der Waals surface area contributed by atoms with E-state index in [1.54, 1.807) is 0 Å². The summed E-state index contributed by atoms with van der Waals surface area (Å²) < 4.78 is 4.70. The summed E-state index contributed by atoms with van der Waals surface area (Å²) in [5, 5.41) is 20.3. The Hall–Kier alpha value is -1.34. The molecule has 2 amide bonds. The number of rotatable bonds is 5. The van der Waals surface area contributed by atoms with Gasteiger partial charge in [-0.25, -0.2) is 9.59 Å². The summed E-state index contributed by atoms with van der Waals surface area (Å²) >= 11 is 0. The molecular formula is C10H18N2O5. The van der Waals surface area contributed by atoms with Crippen LogP contribution in [0.4, 0.5) is 4.79 Å². The largest absolute Gasteiger partial charge is 0.479 e. The molecule has 1 aliphatic rings. The van der Waals surface area contributed by atoms with Gasteiger partial charge in [-0.1, -0.05) is 0 Å². The van der Waals surface area contributed by atoms with E-state index in [1.807, 2.05) is 0 Å². The quantitative estimate of drug-likeness (QED) is 0.593. The van der Waals surface area contributed by atoms with Crippen molar-refractivity contribution in [1.82, 2.24) is 10.2 Å². The maximum Gasteiger partial charge on any atom is 0.334 e. The van der Waals surface area contributed by atoms with Crippen molar-refractivity contribution in [3.05, 3.63) is 0 Å². The maximum absolute atomic E-state index is 11.7. The Morgan fingerprint density at radius 1 is 1.59 bits per heavy atom. The zero-order valence-corrected chi connectivity index (χ0v) is 9.76. The van der Waals surface area contributed by atoms with Crippen molar-refractivity contribution in [3.8, 4) is 0 Å². The van der Waals surface area contributed by atoms with Crippen molar-refractivity contribution in [1.29, 1.82) is 0 Å². The predicted octanol–water partition coefficient (Wildman–Crippen LogP) is -0.748. The second-order valence-corrected chi connectivity index (χ2v) is 3.92. The Bertz CT molecular complexity index is 284. The Morgan fingerprint density at radius 3 is 2.82 bits per heavy atom. The number of hydrogen-bond donors (Lipinski definition) is 3. The van der Waals surface area contributed by atoms with Crippen LogP contribution < -0.4 is 5.32 Å². The first-order valence-corrected chi connectivity index (χ1v) is 5.51. The van der Waals surface area contributed by atoms with Crippen LogP contribution in [-0.2, 0) is 9.53 Å². The first-order valence-electron chi connectivity index (χ1n) is 5.51. The van der Waals surface area contributed by atoms with E-state index in [1.165, 1.54) is 12.0 Å². The molecule has 1 heterocycles. The number of hydrogen-bond acceptors (Lipinski definition) is 4. The van der Waals surface area contributed by atoms with E-state index in [-0.39, 0.29) is 25.2 Å². The van der Waals surface area contributed by atoms with Crippen LogP contribution >= 0.6 is 0 Å². The molecule has 1 rings (SSSR count). The number of aliphatic hydroxyl groups is 1. The molecule has 7 nitrogen and oxygen atoms in total. The molecular weight excluding hydrogens is 228 g/mol. The molecule has 0 bridgehead atoms. The SMILES string of the molecule is COC(CNC(=O)N1CCCC1CO)C(=O)O. The lowest BCUT2D eigenvalue weighted by Crippen LogP contribution is -2.47. The van der Waals surface area contributed by atoms with E-state index in [0.717, 1.165) is 12.8 Å². The summed E-state index contributed by atoms with van der Waals surface area (Å²) in [5.74, 6) is -1.12. The molecule has 0 aromatic rings. The van der Waals surface area contributed by atoms with Gasteiger partial charge in [0.2, 0.25) is 0 Å². The molecule has 1 saturated heterocycles. The third kappa shape index (κ3) is 3.57. The lowest BCUT2D eigenvalue weighted by atomic mass is 10.2. The summed E-state index contributed by atoms with van der Waals surface area (Å²) in [6.45, 7) is 0.432. The van der Waals surface area contributed by atoms with Crippen LogP contribution in [0.1, 0.15) is 12.8 Å². The highest BCUT2D eigenvalue weighted by Crippen LogP contribution is 2.16. The van der Waals surface area contributed by atoms with E-state index in [2.05, 4.69) is 5.32 Å². The predicted molar refractivity (Wildman–Crippen MR) is 58.6 cm³/mol. The Labute approximate surface area is 99.4 Å². The van der Waals surface area contributed by atoms with Gasteiger partial charge in [0.05, 0.1) is 19.2 Å². The van der Waals surface area contributed by atoms with Crippen molar-refractivity contribution in [3.63, 3.8) is 0 Å². The number of aliphatic hydroxyl groups excluding tert-OH is 1. The van der Waals surface area contributed by atoms with Crippen LogP contribution in [0.3, 0.4) is 0 Å². The van der Waals surface area contributed by atoms with E-state index in [0.29, 0.717) is 6.54 Å². The van der Waals surface area contributed by atoms with Crippen LogP contribution in [0.15, 0.2) is 0 Å². The fourth-order valence-corrected chi connectivity index (χ4v) is 1.85. The molecule has 2 atom stereocenters. The third-order valence-corrected chi connectivity index (χ3v) is 2.85. The van der Waals surface area contributed by atoms with Crippen LogP contribution in [0.5, 0.6) is 0 Å². The van der Waals surface area contributed by atoms with Gasteiger partial charge in [-0.2, -0.15) is 0 Å². The zero-order chi connectivity index (χ0) is 12.8. The number of nitrogens with zero attached hydrogens (tertiary/aromatic N) is 1. The number of carboxylic acid groups (broad SMARTS) is 1. The molecule has 2 unspecified atom stereocenters. The van der Waals surface area contributed by atoms with E-state index in [9.17, 15) is 9.59 Å². The van der Waals surface area contributed by atoms with Crippen molar-refractivity contribution in [2.75, 3.05) is 26.8 Å². The molecule has 0 spiro atoms. The van der Waals surface area contributed by atoms with Gasteiger partial charge in [0.15, 0.2) is 6.10 Å². The molecule has 0 saturated carbocycles. The van der Waals surface area contributed by atoms with Gasteiger partial charge in [-0.3, -0.25) is 0 Å². The van der Waals surface area contributed by atoms with E-state index in [4.69, 9.17) is 14.9 Å². The summed E-state index contributed by atoms with van der Waals surface area (Å²) in [4.78, 5) is 23.9. The average molecular weight is 246 g/mol. The number of urea groups is 1. The van der Waals surface area contributed by atoms with Gasteiger partial charge in [0, 0.05) is 13.7 Å². The van der Waals surface area contributed by atoms with Crippen molar-refractivity contribution < 1.29 is 24.5 Å². The number of methoxy groups -OCH3 is 1. The van der Waals surface area contributed by atoms with Crippen molar-refractivity contribution in [2.24, 2.45) is 0 Å². The number of aliphatic carboxylic acids is 1. The fraction of sp³-hybridized carbons (Fsp3) is 0.800. The standard InChI is InChI=1S/C10H18N2O5/c1-17-8(9(14)15)5-11-10(16)12-4-2-3-7(12)6-13/h7-8,13H,2-6H2,1H3,(H,11,16)(H,14,15). The van der Waals surface area contributed by atoms with Crippen LogP contribution in [0, 0.1) is 0 Å². The molecule has 0 aromatic carbocycles. The second kappa shape index (κ2) is 6.41. The number of ether oxygens (including phenoxy) is 1. The zero-order valence-electron chi connectivity index (χ0n) is 9.76. The summed E-state index contributed by atoms with van der Waals surface area (Å²) in [6, 6.07) is -0.523. The number of carbonyl (C=O) groups is 2. The van der Waals surface area contributed by atoms with Gasteiger partial charge in [0.25, 0.3) is 0 Å². The Kier molecular flexibility index (Phi) is 5.17. The van der Waals surface area contributed by atoms with Crippen molar-refractivity contribution in [2.45, 2.75) is 25.0 Å². The first kappa shape index (κ1) is 13.7. The molecule has 0 radical (unpaired) electrons. The van der Waals surface area contributed by atoms with Crippen LogP contribution in [0.2, 0.25) is 0 Å². The molecule has 98 valence electrons. The minimum absolute atomic E-state index is 0.0694. The molecule has 0 aliphatic carbocycles. The summed E-state index contributed by atoms with van der Waals surface area (Å²) in [5.41, 5.74) is 0. The Morgan fingerprint density at radius 2 is 2.29 bits per heavy atom. The Balaban J connectivity index is 2.41. The molecule has 0 aromatic heterocycles. The fourth-order valence-electron chi connectivity index (χ4n) is 1.85. The second-order valence-electron chi connectivity index (χ2n) is 3.92. The number of carbonyl (C=O) groups excluding carboxylic acids is 1. The number of amides is 2. The molecule has 17 heavy (non-hydrogen) atoms. The number of likely N-dealkylation sites (tertiary alicyclic amines) is 1. The lowest BCUT2D eigenvalue weighted by molar-refractivity contribution is -0.148. The summed E-state index contributed by atoms with van der Waals surface area (Å²) in [7, 11) is 1.28. The van der Waals surface area contributed by atoms with Gasteiger partial charge in [0.1, 0.15) is 0 Å². The highest BCUT2D eigenvalue weighted by Gasteiger charge is 2.28. The molecule has 3 N–H and O–H groups in total. The minimum Gasteiger partial charge on any atom is -0.479 e. The van der Waals surface area contributed by atoms with E-state index >= 15 is 0 Å². The molecule has 7 heteroatoms. The van der Waals surface area contributed by atoms with Gasteiger partial charge in [-0.05, 0) is 12.8 Å². The van der Waals surface area contributed by atoms with Crippen LogP contribution in [-0.4, -0.2) is 66.1 Å². The average Bonchev–Trinajstić information content (AvgIpc) is 2.77.